The first-order chi connectivity index (χ1) is 6.18. The van der Waals surface area contributed by atoms with Crippen molar-refractivity contribution in [1.82, 2.24) is 5.32 Å². The topological polar surface area (TPSA) is 47.6 Å². The third-order valence-corrected chi connectivity index (χ3v) is 1.81. The Balaban J connectivity index is 2.22. The number of nitrogens with one attached hydrogen (secondary N) is 1. The summed E-state index contributed by atoms with van der Waals surface area (Å²) in [5, 5.41) is 2.75. The molecule has 0 aliphatic carbocycles. The maximum Gasteiger partial charge on any atom is 0.412 e. The molecule has 0 radical (unpaired) electrons. The largest absolute Gasteiger partial charge is 0.416 e. The highest BCUT2D eigenvalue weighted by Gasteiger charge is 2.16. The van der Waals surface area contributed by atoms with Crippen molar-refractivity contribution in [3.8, 4) is 0 Å². The van der Waals surface area contributed by atoms with E-state index in [0.29, 0.717) is 19.0 Å². The second-order valence-electron chi connectivity index (χ2n) is 3.12. The van der Waals surface area contributed by atoms with Crippen molar-refractivity contribution in [2.75, 3.05) is 13.2 Å². The number of hydrogen-bond acceptors (Lipinski definition) is 3. The Labute approximate surface area is 77.9 Å². The lowest BCUT2D eigenvalue weighted by molar-refractivity contribution is 0.0762. The number of alkyl carbamates (subject to hydrolysis) is 1. The van der Waals surface area contributed by atoms with Gasteiger partial charge in [0.1, 0.15) is 0 Å². The number of carbonyl (C=O) groups is 1. The monoisotopic (exact) mass is 185 g/mol. The maximum absolute atomic E-state index is 11.1. The molecule has 1 N–H and O–H groups in total. The van der Waals surface area contributed by atoms with Crippen LogP contribution in [0.1, 0.15) is 19.8 Å². The van der Waals surface area contributed by atoms with Gasteiger partial charge in [0.05, 0.1) is 5.76 Å². The van der Waals surface area contributed by atoms with Gasteiger partial charge in [-0.3, -0.25) is 0 Å². The second-order valence-corrected chi connectivity index (χ2v) is 3.12. The van der Waals surface area contributed by atoms with Gasteiger partial charge in [0.25, 0.3) is 0 Å². The average Bonchev–Trinajstić information content (AvgIpc) is 2.04. The minimum absolute atomic E-state index is 0.181. The first-order valence-corrected chi connectivity index (χ1v) is 4.40. The molecule has 0 aromatic carbocycles. The molecule has 0 aromatic heterocycles. The zero-order chi connectivity index (χ0) is 9.68. The highest BCUT2D eigenvalue weighted by molar-refractivity contribution is 5.68. The number of carbonyl (C=O) groups excluding carboxylic acids is 1. The molecule has 0 atom stereocenters. The van der Waals surface area contributed by atoms with Crippen molar-refractivity contribution >= 4 is 6.09 Å². The summed E-state index contributed by atoms with van der Waals surface area (Å²) in [6.07, 6.45) is 1.29. The number of amides is 1. The van der Waals surface area contributed by atoms with E-state index >= 15 is 0 Å². The molecular weight excluding hydrogens is 170 g/mol. The lowest BCUT2D eigenvalue weighted by atomic mass is 10.1. The third-order valence-electron chi connectivity index (χ3n) is 1.81. The van der Waals surface area contributed by atoms with Crippen LogP contribution in [0.3, 0.4) is 0 Å². The van der Waals surface area contributed by atoms with Gasteiger partial charge in [-0.1, -0.05) is 6.58 Å². The Morgan fingerprint density at radius 3 is 2.69 bits per heavy atom. The van der Waals surface area contributed by atoms with E-state index in [4.69, 9.17) is 9.47 Å². The van der Waals surface area contributed by atoms with Crippen LogP contribution in [0.5, 0.6) is 0 Å². The van der Waals surface area contributed by atoms with Crippen LogP contribution in [0.25, 0.3) is 0 Å². The fraction of sp³-hybridized carbons (Fsp3) is 0.667. The van der Waals surface area contributed by atoms with E-state index in [0.717, 1.165) is 12.8 Å². The van der Waals surface area contributed by atoms with E-state index in [1.54, 1.807) is 6.92 Å². The highest BCUT2D eigenvalue weighted by atomic mass is 16.6. The normalized spacial score (nSPS) is 17.9. The minimum atomic E-state index is -0.417. The van der Waals surface area contributed by atoms with Crippen LogP contribution in [0, 0.1) is 0 Å². The Kier molecular flexibility index (Phi) is 3.76. The van der Waals surface area contributed by atoms with E-state index in [-0.39, 0.29) is 6.04 Å². The molecule has 0 bridgehead atoms. The summed E-state index contributed by atoms with van der Waals surface area (Å²) >= 11 is 0. The van der Waals surface area contributed by atoms with Gasteiger partial charge in [0, 0.05) is 19.3 Å². The van der Waals surface area contributed by atoms with Gasteiger partial charge in [-0.2, -0.15) is 0 Å². The fourth-order valence-electron chi connectivity index (χ4n) is 1.20. The molecule has 1 rings (SSSR count). The van der Waals surface area contributed by atoms with Crippen molar-refractivity contribution in [3.63, 3.8) is 0 Å². The van der Waals surface area contributed by atoms with Gasteiger partial charge < -0.3 is 14.8 Å². The molecule has 4 heteroatoms. The first kappa shape index (κ1) is 10.1. The van der Waals surface area contributed by atoms with Crippen LogP contribution in [0.4, 0.5) is 4.79 Å². The summed E-state index contributed by atoms with van der Waals surface area (Å²) in [6.45, 7) is 6.54. The fourth-order valence-corrected chi connectivity index (χ4v) is 1.20. The van der Waals surface area contributed by atoms with Crippen LogP contribution in [0.2, 0.25) is 0 Å². The van der Waals surface area contributed by atoms with Crippen molar-refractivity contribution < 1.29 is 14.3 Å². The number of ether oxygens (including phenoxy) is 2. The van der Waals surface area contributed by atoms with Gasteiger partial charge in [-0.05, 0) is 19.8 Å². The molecule has 1 saturated heterocycles. The molecule has 1 aliphatic heterocycles. The van der Waals surface area contributed by atoms with Gasteiger partial charge in [-0.25, -0.2) is 4.79 Å². The van der Waals surface area contributed by atoms with Crippen LogP contribution in [0.15, 0.2) is 12.3 Å². The highest BCUT2D eigenvalue weighted by Crippen LogP contribution is 2.06. The van der Waals surface area contributed by atoms with Crippen molar-refractivity contribution in [2.45, 2.75) is 25.8 Å². The lowest BCUT2D eigenvalue weighted by Gasteiger charge is -2.22. The van der Waals surface area contributed by atoms with Crippen LogP contribution < -0.4 is 5.32 Å². The summed E-state index contributed by atoms with van der Waals surface area (Å²) < 4.78 is 9.92. The quantitative estimate of drug-likeness (QED) is 0.662. The molecule has 0 spiro atoms. The summed E-state index contributed by atoms with van der Waals surface area (Å²) in [5.74, 6) is 0.407. The summed E-state index contributed by atoms with van der Waals surface area (Å²) in [4.78, 5) is 11.1. The Hall–Kier alpha value is -1.03. The summed E-state index contributed by atoms with van der Waals surface area (Å²) in [6, 6.07) is 0.181. The van der Waals surface area contributed by atoms with Crippen LogP contribution in [-0.4, -0.2) is 25.3 Å². The van der Waals surface area contributed by atoms with Crippen molar-refractivity contribution in [2.24, 2.45) is 0 Å². The zero-order valence-electron chi connectivity index (χ0n) is 7.84. The third kappa shape index (κ3) is 3.94. The number of rotatable bonds is 2. The van der Waals surface area contributed by atoms with Gasteiger partial charge in [-0.15, -0.1) is 0 Å². The van der Waals surface area contributed by atoms with Crippen LogP contribution in [-0.2, 0) is 9.47 Å². The first-order valence-electron chi connectivity index (χ1n) is 4.40. The molecule has 4 nitrogen and oxygen atoms in total. The molecular formula is C9H15NO3. The van der Waals surface area contributed by atoms with E-state index in [9.17, 15) is 4.79 Å². The lowest BCUT2D eigenvalue weighted by Crippen LogP contribution is -2.38. The second kappa shape index (κ2) is 4.87. The van der Waals surface area contributed by atoms with Crippen molar-refractivity contribution in [1.29, 1.82) is 0 Å². The molecule has 0 saturated carbocycles. The molecule has 0 aromatic rings. The molecule has 1 heterocycles. The number of allylic oxidation sites excluding steroid dienone is 1. The Morgan fingerprint density at radius 1 is 1.54 bits per heavy atom. The molecule has 0 unspecified atom stereocenters. The Morgan fingerprint density at radius 2 is 2.15 bits per heavy atom. The molecule has 74 valence electrons. The van der Waals surface area contributed by atoms with E-state index in [2.05, 4.69) is 11.9 Å². The van der Waals surface area contributed by atoms with E-state index < -0.39 is 6.09 Å². The molecule has 1 fully saturated rings. The number of hydrogen-bond donors (Lipinski definition) is 1. The van der Waals surface area contributed by atoms with E-state index in [1.165, 1.54) is 0 Å². The summed E-state index contributed by atoms with van der Waals surface area (Å²) in [5.41, 5.74) is 0. The molecule has 13 heavy (non-hydrogen) atoms. The zero-order valence-corrected chi connectivity index (χ0v) is 7.84. The van der Waals surface area contributed by atoms with Crippen LogP contribution >= 0.6 is 0 Å². The molecule has 1 amide bonds. The minimum Gasteiger partial charge on any atom is -0.416 e. The average molecular weight is 185 g/mol. The predicted molar refractivity (Wildman–Crippen MR) is 48.3 cm³/mol. The van der Waals surface area contributed by atoms with Gasteiger partial charge in [0.2, 0.25) is 0 Å². The van der Waals surface area contributed by atoms with Gasteiger partial charge in [0.15, 0.2) is 0 Å². The predicted octanol–water partition coefficient (Wildman–Crippen LogP) is 1.43. The summed E-state index contributed by atoms with van der Waals surface area (Å²) in [7, 11) is 0. The Bertz CT molecular complexity index is 197. The van der Waals surface area contributed by atoms with Crippen molar-refractivity contribution in [3.05, 3.63) is 12.3 Å². The molecule has 1 aliphatic rings. The van der Waals surface area contributed by atoms with E-state index in [1.807, 2.05) is 0 Å². The SMILES string of the molecule is C=C(C)OC(=O)NC1CCOCC1. The maximum atomic E-state index is 11.1. The standard InChI is InChI=1S/C9H15NO3/c1-7(2)13-9(11)10-8-3-5-12-6-4-8/h8H,1,3-6H2,2H3,(H,10,11). The smallest absolute Gasteiger partial charge is 0.412 e. The van der Waals surface area contributed by atoms with Gasteiger partial charge >= 0.3 is 6.09 Å².